The van der Waals surface area contributed by atoms with Crippen molar-refractivity contribution in [1.29, 1.82) is 0 Å². The van der Waals surface area contributed by atoms with Crippen LogP contribution in [0.2, 0.25) is 0 Å². The average molecular weight is 365 g/mol. The number of imidazole rings is 1. The Kier molecular flexibility index (Phi) is 3.76. The van der Waals surface area contributed by atoms with Crippen LogP contribution in [-0.4, -0.2) is 27.6 Å². The number of nitrogens with zero attached hydrogens (tertiary/aromatic N) is 3. The number of anilines is 1. The van der Waals surface area contributed by atoms with Gasteiger partial charge in [0.05, 0.1) is 17.3 Å². The second kappa shape index (κ2) is 5.72. The number of amides is 1. The summed E-state index contributed by atoms with van der Waals surface area (Å²) in [6.07, 6.45) is 4.41. The normalized spacial score (nSPS) is 10.7. The predicted molar refractivity (Wildman–Crippen MR) is 82.1 cm³/mol. The zero-order chi connectivity index (χ0) is 15.7. The molecule has 0 fully saturated rings. The van der Waals surface area contributed by atoms with Gasteiger partial charge in [-0.1, -0.05) is 0 Å². The SMILES string of the molecule is COC(=O)Nc1ccc(F)c(-c2cn3cc(Br)cnc3n2)c1. The lowest BCUT2D eigenvalue weighted by molar-refractivity contribution is 0.187. The Morgan fingerprint density at radius 2 is 2.23 bits per heavy atom. The number of fused-ring (bicyclic) bond motifs is 1. The molecule has 6 nitrogen and oxygen atoms in total. The number of aromatic nitrogens is 3. The molecule has 0 bridgehead atoms. The maximum atomic E-state index is 14.1. The fourth-order valence-electron chi connectivity index (χ4n) is 1.96. The third kappa shape index (κ3) is 2.77. The fourth-order valence-corrected chi connectivity index (χ4v) is 2.28. The molecule has 0 saturated carbocycles. The Morgan fingerprint density at radius 1 is 1.41 bits per heavy atom. The fraction of sp³-hybridized carbons (Fsp3) is 0.0714. The average Bonchev–Trinajstić information content (AvgIpc) is 2.91. The van der Waals surface area contributed by atoms with Gasteiger partial charge < -0.3 is 4.74 Å². The summed E-state index contributed by atoms with van der Waals surface area (Å²) in [6.45, 7) is 0. The largest absolute Gasteiger partial charge is 0.453 e. The van der Waals surface area contributed by atoms with Gasteiger partial charge in [0, 0.05) is 29.8 Å². The van der Waals surface area contributed by atoms with Crippen LogP contribution >= 0.6 is 15.9 Å². The highest BCUT2D eigenvalue weighted by atomic mass is 79.9. The van der Waals surface area contributed by atoms with Gasteiger partial charge in [-0.25, -0.2) is 19.2 Å². The van der Waals surface area contributed by atoms with Crippen molar-refractivity contribution >= 4 is 33.5 Å². The van der Waals surface area contributed by atoms with Gasteiger partial charge in [0.1, 0.15) is 5.82 Å². The van der Waals surface area contributed by atoms with Crippen LogP contribution in [0.25, 0.3) is 17.0 Å². The quantitative estimate of drug-likeness (QED) is 0.755. The van der Waals surface area contributed by atoms with Crippen molar-refractivity contribution in [3.8, 4) is 11.3 Å². The van der Waals surface area contributed by atoms with Crippen molar-refractivity contribution in [2.24, 2.45) is 0 Å². The van der Waals surface area contributed by atoms with E-state index < -0.39 is 11.9 Å². The lowest BCUT2D eigenvalue weighted by atomic mass is 10.1. The van der Waals surface area contributed by atoms with E-state index in [2.05, 4.69) is 36.0 Å². The third-order valence-corrected chi connectivity index (χ3v) is 3.36. The second-order valence-corrected chi connectivity index (χ2v) is 5.33. The number of halogens is 2. The lowest BCUT2D eigenvalue weighted by Gasteiger charge is -2.06. The van der Waals surface area contributed by atoms with E-state index >= 15 is 0 Å². The number of ether oxygens (including phenoxy) is 1. The first kappa shape index (κ1) is 14.5. The van der Waals surface area contributed by atoms with Crippen LogP contribution in [-0.2, 0) is 4.74 Å². The number of carbonyl (C=O) groups excluding carboxylic acids is 1. The van der Waals surface area contributed by atoms with Crippen LogP contribution in [0.4, 0.5) is 14.9 Å². The Morgan fingerprint density at radius 3 is 3.00 bits per heavy atom. The number of carbonyl (C=O) groups is 1. The molecule has 0 aliphatic rings. The molecule has 112 valence electrons. The van der Waals surface area contributed by atoms with Crippen LogP contribution < -0.4 is 5.32 Å². The van der Waals surface area contributed by atoms with E-state index in [1.165, 1.54) is 25.3 Å². The summed E-state index contributed by atoms with van der Waals surface area (Å²) in [4.78, 5) is 19.6. The van der Waals surface area contributed by atoms with Gasteiger partial charge in [-0.05, 0) is 34.1 Å². The Labute approximate surface area is 133 Å². The summed E-state index contributed by atoms with van der Waals surface area (Å²) in [5, 5.41) is 2.49. The van der Waals surface area contributed by atoms with E-state index in [9.17, 15) is 9.18 Å². The highest BCUT2D eigenvalue weighted by Gasteiger charge is 2.12. The molecule has 8 heteroatoms. The first-order valence-electron chi connectivity index (χ1n) is 6.22. The van der Waals surface area contributed by atoms with Crippen LogP contribution in [0.15, 0.2) is 41.3 Å². The standard InChI is InChI=1S/C14H10BrFN4O2/c1-22-14(21)18-9-2-3-11(16)10(4-9)12-7-20-6-8(15)5-17-13(20)19-12/h2-7H,1H3,(H,18,21). The summed E-state index contributed by atoms with van der Waals surface area (Å²) in [6, 6.07) is 4.19. The monoisotopic (exact) mass is 364 g/mol. The molecular weight excluding hydrogens is 355 g/mol. The predicted octanol–water partition coefficient (Wildman–Crippen LogP) is 3.48. The van der Waals surface area contributed by atoms with Gasteiger partial charge >= 0.3 is 6.09 Å². The molecule has 0 saturated heterocycles. The zero-order valence-electron chi connectivity index (χ0n) is 11.4. The summed E-state index contributed by atoms with van der Waals surface area (Å²) >= 11 is 3.31. The van der Waals surface area contributed by atoms with Crippen molar-refractivity contribution in [1.82, 2.24) is 14.4 Å². The van der Waals surface area contributed by atoms with Crippen molar-refractivity contribution in [2.75, 3.05) is 12.4 Å². The molecule has 1 amide bonds. The van der Waals surface area contributed by atoms with Crippen molar-refractivity contribution in [3.05, 3.63) is 47.1 Å². The maximum Gasteiger partial charge on any atom is 0.411 e. The molecule has 0 atom stereocenters. The smallest absolute Gasteiger partial charge is 0.411 e. The molecule has 0 spiro atoms. The molecule has 3 rings (SSSR count). The number of hydrogen-bond acceptors (Lipinski definition) is 4. The molecule has 1 aromatic carbocycles. The molecule has 0 unspecified atom stereocenters. The van der Waals surface area contributed by atoms with Crippen molar-refractivity contribution in [2.45, 2.75) is 0 Å². The van der Waals surface area contributed by atoms with E-state index in [0.717, 1.165) is 4.47 Å². The Hall–Kier alpha value is -2.48. The molecule has 22 heavy (non-hydrogen) atoms. The number of rotatable bonds is 2. The summed E-state index contributed by atoms with van der Waals surface area (Å²) in [5.41, 5.74) is 1.08. The van der Waals surface area contributed by atoms with E-state index in [1.807, 2.05) is 0 Å². The molecule has 0 aliphatic carbocycles. The van der Waals surface area contributed by atoms with E-state index in [1.54, 1.807) is 23.0 Å². The first-order valence-corrected chi connectivity index (χ1v) is 7.01. The molecule has 3 aromatic rings. The van der Waals surface area contributed by atoms with Gasteiger partial charge in [-0.15, -0.1) is 0 Å². The minimum atomic E-state index is -0.627. The van der Waals surface area contributed by atoms with Crippen LogP contribution in [0, 0.1) is 5.82 Å². The minimum Gasteiger partial charge on any atom is -0.453 e. The summed E-state index contributed by atoms with van der Waals surface area (Å²) in [5.74, 6) is 0.00168. The molecule has 0 aliphatic heterocycles. The first-order chi connectivity index (χ1) is 10.6. The molecule has 2 aromatic heterocycles. The second-order valence-electron chi connectivity index (χ2n) is 4.42. The van der Waals surface area contributed by atoms with E-state index in [0.29, 0.717) is 17.2 Å². The van der Waals surface area contributed by atoms with Gasteiger partial charge in [0.25, 0.3) is 0 Å². The number of benzene rings is 1. The van der Waals surface area contributed by atoms with Crippen LogP contribution in [0.3, 0.4) is 0 Å². The van der Waals surface area contributed by atoms with Gasteiger partial charge in [0.15, 0.2) is 0 Å². The summed E-state index contributed by atoms with van der Waals surface area (Å²) in [7, 11) is 1.26. The number of hydrogen-bond donors (Lipinski definition) is 1. The lowest BCUT2D eigenvalue weighted by Crippen LogP contribution is -2.11. The van der Waals surface area contributed by atoms with E-state index in [-0.39, 0.29) is 5.56 Å². The molecule has 1 N–H and O–H groups in total. The highest BCUT2D eigenvalue weighted by molar-refractivity contribution is 9.10. The van der Waals surface area contributed by atoms with Crippen LogP contribution in [0.1, 0.15) is 0 Å². The van der Waals surface area contributed by atoms with Crippen molar-refractivity contribution in [3.63, 3.8) is 0 Å². The number of nitrogens with one attached hydrogen (secondary N) is 1. The Balaban J connectivity index is 2.04. The number of methoxy groups -OCH3 is 1. The minimum absolute atomic E-state index is 0.260. The van der Waals surface area contributed by atoms with Crippen molar-refractivity contribution < 1.29 is 13.9 Å². The third-order valence-electron chi connectivity index (χ3n) is 2.95. The van der Waals surface area contributed by atoms with Gasteiger partial charge in [-0.2, -0.15) is 0 Å². The summed E-state index contributed by atoms with van der Waals surface area (Å²) < 4.78 is 21.0. The zero-order valence-corrected chi connectivity index (χ0v) is 13.0. The van der Waals surface area contributed by atoms with Gasteiger partial charge in [-0.3, -0.25) is 9.72 Å². The maximum absolute atomic E-state index is 14.1. The van der Waals surface area contributed by atoms with Gasteiger partial charge in [0.2, 0.25) is 5.78 Å². The topological polar surface area (TPSA) is 68.5 Å². The highest BCUT2D eigenvalue weighted by Crippen LogP contribution is 2.26. The molecule has 0 radical (unpaired) electrons. The van der Waals surface area contributed by atoms with Crippen LogP contribution in [0.5, 0.6) is 0 Å². The molecule has 2 heterocycles. The Bertz CT molecular complexity index is 865. The van der Waals surface area contributed by atoms with E-state index in [4.69, 9.17) is 0 Å². The molecular formula is C14H10BrFN4O2.